The summed E-state index contributed by atoms with van der Waals surface area (Å²) in [4.78, 5) is 7.42. The van der Waals surface area contributed by atoms with Crippen LogP contribution in [-0.2, 0) is 18.3 Å². The van der Waals surface area contributed by atoms with Gasteiger partial charge < -0.3 is 9.64 Å². The van der Waals surface area contributed by atoms with E-state index in [1.807, 2.05) is 26.2 Å². The van der Waals surface area contributed by atoms with Crippen LogP contribution < -0.4 is 4.90 Å². The van der Waals surface area contributed by atoms with Gasteiger partial charge in [0.1, 0.15) is 10.9 Å². The van der Waals surface area contributed by atoms with Crippen molar-refractivity contribution in [3.8, 4) is 6.07 Å². The molecule has 7 heteroatoms. The number of thiazole rings is 1. The van der Waals surface area contributed by atoms with Gasteiger partial charge in [0.25, 0.3) is 0 Å². The molecule has 124 valence electrons. The second-order valence-corrected chi connectivity index (χ2v) is 7.43. The lowest BCUT2D eigenvalue weighted by Crippen LogP contribution is -2.36. The molecule has 2 aromatic heterocycles. The molecule has 0 N–H and O–H groups in total. The molecule has 0 unspecified atom stereocenters. The van der Waals surface area contributed by atoms with Crippen LogP contribution in [0.25, 0.3) is 0 Å². The van der Waals surface area contributed by atoms with Gasteiger partial charge >= 0.3 is 0 Å². The van der Waals surface area contributed by atoms with Gasteiger partial charge in [-0.15, -0.1) is 0 Å². The van der Waals surface area contributed by atoms with Gasteiger partial charge in [0.05, 0.1) is 24.5 Å². The fourth-order valence-electron chi connectivity index (χ4n) is 2.51. The second-order valence-electron chi connectivity index (χ2n) is 6.46. The minimum absolute atomic E-state index is 0.0318. The Labute approximate surface area is 141 Å². The average molecular weight is 333 g/mol. The Morgan fingerprint density at radius 2 is 2.22 bits per heavy atom. The maximum absolute atomic E-state index is 9.19. The number of hydrogen-bond acceptors (Lipinski definition) is 6. The third-order valence-corrected chi connectivity index (χ3v) is 4.56. The second kappa shape index (κ2) is 7.11. The zero-order valence-electron chi connectivity index (χ0n) is 14.3. The van der Waals surface area contributed by atoms with Crippen LogP contribution in [-0.4, -0.2) is 35.0 Å². The molecular weight excluding hydrogens is 310 g/mol. The highest BCUT2D eigenvalue weighted by atomic mass is 32.1. The van der Waals surface area contributed by atoms with Gasteiger partial charge in [-0.3, -0.25) is 4.68 Å². The van der Waals surface area contributed by atoms with Crippen LogP contribution in [0, 0.1) is 23.7 Å². The number of methoxy groups -OCH3 is 1. The van der Waals surface area contributed by atoms with E-state index >= 15 is 0 Å². The van der Waals surface area contributed by atoms with Crippen LogP contribution in [0.3, 0.4) is 0 Å². The molecule has 2 rings (SSSR count). The number of nitrogens with zero attached hydrogens (tertiary/aromatic N) is 5. The summed E-state index contributed by atoms with van der Waals surface area (Å²) in [5, 5.41) is 14.5. The van der Waals surface area contributed by atoms with Crippen molar-refractivity contribution in [3.63, 3.8) is 0 Å². The lowest BCUT2D eigenvalue weighted by molar-refractivity contribution is 0.108. The summed E-state index contributed by atoms with van der Waals surface area (Å²) in [6.07, 6.45) is 1.93. The smallest absolute Gasteiger partial charge is 0.187 e. The number of aryl methyl sites for hydroxylation is 2. The van der Waals surface area contributed by atoms with Gasteiger partial charge in [0, 0.05) is 32.3 Å². The topological polar surface area (TPSA) is 67.0 Å². The minimum Gasteiger partial charge on any atom is -0.384 e. The molecule has 2 aromatic rings. The number of rotatable bonds is 7. The molecule has 0 aliphatic heterocycles. The van der Waals surface area contributed by atoms with Gasteiger partial charge in [-0.25, -0.2) is 4.98 Å². The van der Waals surface area contributed by atoms with Crippen LogP contribution >= 0.6 is 11.3 Å². The van der Waals surface area contributed by atoms with Crippen molar-refractivity contribution >= 4 is 16.5 Å². The van der Waals surface area contributed by atoms with Gasteiger partial charge in [0.2, 0.25) is 0 Å². The van der Waals surface area contributed by atoms with Crippen molar-refractivity contribution < 1.29 is 4.74 Å². The first-order valence-electron chi connectivity index (χ1n) is 7.44. The highest BCUT2D eigenvalue weighted by Crippen LogP contribution is 2.29. The molecule has 6 nitrogen and oxygen atoms in total. The van der Waals surface area contributed by atoms with Crippen LogP contribution in [0.1, 0.15) is 30.1 Å². The molecule has 0 atom stereocenters. The number of ether oxygens (including phenoxy) is 1. The largest absolute Gasteiger partial charge is 0.384 e. The monoisotopic (exact) mass is 333 g/mol. The molecule has 0 spiro atoms. The van der Waals surface area contributed by atoms with Crippen LogP contribution in [0.4, 0.5) is 5.13 Å². The number of nitriles is 1. The molecule has 0 fully saturated rings. The van der Waals surface area contributed by atoms with Gasteiger partial charge in [-0.2, -0.15) is 10.4 Å². The lowest BCUT2D eigenvalue weighted by Gasteiger charge is -2.31. The summed E-state index contributed by atoms with van der Waals surface area (Å²) in [6.45, 7) is 8.28. The predicted molar refractivity (Wildman–Crippen MR) is 91.5 cm³/mol. The molecule has 0 bridgehead atoms. The van der Waals surface area contributed by atoms with Crippen molar-refractivity contribution in [2.24, 2.45) is 12.5 Å². The standard InChI is InChI=1S/C16H23N5OS/c1-12-14(8-17)23-15(18-12)21(10-16(2,3)11-22-5)9-13-6-7-20(4)19-13/h6-7H,9-11H2,1-5H3. The van der Waals surface area contributed by atoms with Crippen molar-refractivity contribution in [2.75, 3.05) is 25.2 Å². The zero-order valence-corrected chi connectivity index (χ0v) is 15.1. The first-order valence-corrected chi connectivity index (χ1v) is 8.26. The van der Waals surface area contributed by atoms with E-state index in [1.54, 1.807) is 11.8 Å². The molecule has 0 amide bonds. The van der Waals surface area contributed by atoms with Crippen molar-refractivity contribution in [1.82, 2.24) is 14.8 Å². The van der Waals surface area contributed by atoms with Crippen molar-refractivity contribution in [1.29, 1.82) is 5.26 Å². The summed E-state index contributed by atoms with van der Waals surface area (Å²) in [6, 6.07) is 4.21. The lowest BCUT2D eigenvalue weighted by atomic mass is 9.94. The minimum atomic E-state index is -0.0318. The van der Waals surface area contributed by atoms with Gasteiger partial charge in [-0.1, -0.05) is 25.2 Å². The normalized spacial score (nSPS) is 11.5. The molecule has 0 aliphatic rings. The van der Waals surface area contributed by atoms with Crippen molar-refractivity contribution in [3.05, 3.63) is 28.5 Å². The Bertz CT molecular complexity index is 698. The Morgan fingerprint density at radius 1 is 1.48 bits per heavy atom. The SMILES string of the molecule is COCC(C)(C)CN(Cc1ccn(C)n1)c1nc(C)c(C#N)s1. The predicted octanol–water partition coefficient (Wildman–Crippen LogP) is 2.74. The fourth-order valence-corrected chi connectivity index (χ4v) is 3.37. The maximum Gasteiger partial charge on any atom is 0.187 e. The molecule has 0 radical (unpaired) electrons. The first kappa shape index (κ1) is 17.4. The van der Waals surface area contributed by atoms with E-state index < -0.39 is 0 Å². The number of anilines is 1. The Kier molecular flexibility index (Phi) is 5.39. The van der Waals surface area contributed by atoms with E-state index in [0.717, 1.165) is 23.1 Å². The molecule has 23 heavy (non-hydrogen) atoms. The fraction of sp³-hybridized carbons (Fsp3) is 0.562. The van der Waals surface area contributed by atoms with Crippen LogP contribution in [0.15, 0.2) is 12.3 Å². The third kappa shape index (κ3) is 4.53. The Morgan fingerprint density at radius 3 is 2.74 bits per heavy atom. The maximum atomic E-state index is 9.19. The van der Waals surface area contributed by atoms with E-state index in [-0.39, 0.29) is 5.41 Å². The highest BCUT2D eigenvalue weighted by Gasteiger charge is 2.25. The molecule has 2 heterocycles. The summed E-state index contributed by atoms with van der Waals surface area (Å²) in [5.74, 6) is 0. The summed E-state index contributed by atoms with van der Waals surface area (Å²) < 4.78 is 7.13. The Balaban J connectivity index is 2.28. The number of hydrogen-bond donors (Lipinski definition) is 0. The summed E-state index contributed by atoms with van der Waals surface area (Å²) >= 11 is 1.43. The first-order chi connectivity index (χ1) is 10.8. The van der Waals surface area contributed by atoms with Gasteiger partial charge in [-0.05, 0) is 13.0 Å². The average Bonchev–Trinajstić information content (AvgIpc) is 3.03. The summed E-state index contributed by atoms with van der Waals surface area (Å²) in [7, 11) is 3.62. The molecule has 0 aromatic carbocycles. The highest BCUT2D eigenvalue weighted by molar-refractivity contribution is 7.16. The van der Waals surface area contributed by atoms with E-state index in [9.17, 15) is 5.26 Å². The third-order valence-electron chi connectivity index (χ3n) is 3.43. The van der Waals surface area contributed by atoms with E-state index in [1.165, 1.54) is 11.3 Å². The van der Waals surface area contributed by atoms with E-state index in [2.05, 4.69) is 34.9 Å². The van der Waals surface area contributed by atoms with E-state index in [0.29, 0.717) is 18.0 Å². The van der Waals surface area contributed by atoms with E-state index in [4.69, 9.17) is 4.74 Å². The molecular formula is C16H23N5OS. The molecule has 0 saturated carbocycles. The summed E-state index contributed by atoms with van der Waals surface area (Å²) in [5.41, 5.74) is 1.73. The van der Waals surface area contributed by atoms with Crippen LogP contribution in [0.2, 0.25) is 0 Å². The molecule has 0 aliphatic carbocycles. The molecule has 0 saturated heterocycles. The quantitative estimate of drug-likeness (QED) is 0.779. The van der Waals surface area contributed by atoms with Gasteiger partial charge in [0.15, 0.2) is 5.13 Å². The van der Waals surface area contributed by atoms with Crippen molar-refractivity contribution in [2.45, 2.75) is 27.3 Å². The zero-order chi connectivity index (χ0) is 17.0. The Hall–Kier alpha value is -1.91. The van der Waals surface area contributed by atoms with Crippen LogP contribution in [0.5, 0.6) is 0 Å². The number of aromatic nitrogens is 3.